The van der Waals surface area contributed by atoms with Crippen LogP contribution in [-0.2, 0) is 9.59 Å². The normalized spacial score (nSPS) is 14.4. The average molecular weight is 255 g/mol. The van der Waals surface area contributed by atoms with Gasteiger partial charge in [-0.05, 0) is 0 Å². The Kier molecular flexibility index (Phi) is 7.38. The molecule has 0 spiro atoms. The second-order valence-electron chi connectivity index (χ2n) is 1.57. The Hall–Kier alpha value is 0.276. The van der Waals surface area contributed by atoms with Crippen LogP contribution >= 0.6 is 25.3 Å². The van der Waals surface area contributed by atoms with Crippen LogP contribution in [0.2, 0.25) is 0 Å². The summed E-state index contributed by atoms with van der Waals surface area (Å²) in [7, 11) is 0. The Morgan fingerprint density at radius 1 is 1.00 bits per heavy atom. The van der Waals surface area contributed by atoms with Gasteiger partial charge in [-0.1, -0.05) is 0 Å². The fraction of sp³-hybridized carbons (Fsp3) is 0.500. The van der Waals surface area contributed by atoms with Crippen molar-refractivity contribution in [2.45, 2.75) is 10.5 Å². The molecule has 11 heavy (non-hydrogen) atoms. The predicted molar refractivity (Wildman–Crippen MR) is 50.8 cm³/mol. The summed E-state index contributed by atoms with van der Waals surface area (Å²) in [5.41, 5.74) is 0. The van der Waals surface area contributed by atoms with Gasteiger partial charge in [0.2, 0.25) is 0 Å². The minimum absolute atomic E-state index is 0. The van der Waals surface area contributed by atoms with Crippen LogP contribution < -0.4 is 0 Å². The fourth-order valence-corrected chi connectivity index (χ4v) is 0.525. The van der Waals surface area contributed by atoms with E-state index in [1.165, 1.54) is 0 Å². The molecule has 0 aromatic rings. The summed E-state index contributed by atoms with van der Waals surface area (Å²) in [6.45, 7) is 0. The number of carboxylic acids is 2. The quantitative estimate of drug-likeness (QED) is 0.368. The summed E-state index contributed by atoms with van der Waals surface area (Å²) in [5.74, 6) is -2.57. The van der Waals surface area contributed by atoms with Crippen LogP contribution in [0.25, 0.3) is 0 Å². The van der Waals surface area contributed by atoms with Crippen molar-refractivity contribution < 1.29 is 19.8 Å². The van der Waals surface area contributed by atoms with Gasteiger partial charge in [-0.25, -0.2) is 0 Å². The molecule has 0 aliphatic carbocycles. The van der Waals surface area contributed by atoms with Crippen molar-refractivity contribution in [1.82, 2.24) is 0 Å². The summed E-state index contributed by atoms with van der Waals surface area (Å²) in [5, 5.41) is 13.9. The molecule has 0 aliphatic rings. The third-order valence-corrected chi connectivity index (χ3v) is 2.08. The number of carboxylic acid groups (broad SMARTS) is 2. The molecule has 7 heteroatoms. The molecule has 0 rings (SSSR count). The average Bonchev–Trinajstić information content (AvgIpc) is 1.84. The second kappa shape index (κ2) is 5.87. The van der Waals surface area contributed by atoms with Crippen molar-refractivity contribution in [1.29, 1.82) is 0 Å². The Balaban J connectivity index is 0. The molecule has 0 saturated carbocycles. The first kappa shape index (κ1) is 13.8. The van der Waals surface area contributed by atoms with E-state index in [0.29, 0.717) is 0 Å². The van der Waals surface area contributed by atoms with E-state index in [9.17, 15) is 9.59 Å². The van der Waals surface area contributed by atoms with Crippen LogP contribution in [0, 0.1) is 0 Å². The zero-order chi connectivity index (χ0) is 8.31. The molecule has 0 aliphatic heterocycles. The van der Waals surface area contributed by atoms with Gasteiger partial charge in [0.15, 0.2) is 0 Å². The SMILES string of the molecule is O=C(O)C(S)C(S)C(=O)O.[GaH3]. The van der Waals surface area contributed by atoms with Crippen LogP contribution in [0.1, 0.15) is 0 Å². The summed E-state index contributed by atoms with van der Waals surface area (Å²) in [6.07, 6.45) is 0. The minimum atomic E-state index is -1.29. The van der Waals surface area contributed by atoms with E-state index < -0.39 is 22.4 Å². The van der Waals surface area contributed by atoms with E-state index in [2.05, 4.69) is 25.3 Å². The number of thiol groups is 2. The maximum atomic E-state index is 10.1. The molecule has 2 N–H and O–H groups in total. The van der Waals surface area contributed by atoms with Gasteiger partial charge in [0.1, 0.15) is 10.5 Å². The number of hydrogen-bond acceptors (Lipinski definition) is 4. The van der Waals surface area contributed by atoms with Crippen LogP contribution in [0.5, 0.6) is 0 Å². The molecule has 64 valence electrons. The van der Waals surface area contributed by atoms with Crippen molar-refractivity contribution in [3.63, 3.8) is 0 Å². The van der Waals surface area contributed by atoms with E-state index >= 15 is 0 Å². The van der Waals surface area contributed by atoms with Gasteiger partial charge in [0.25, 0.3) is 0 Å². The van der Waals surface area contributed by atoms with E-state index in [-0.39, 0.29) is 19.8 Å². The van der Waals surface area contributed by atoms with Crippen molar-refractivity contribution in [2.24, 2.45) is 0 Å². The first-order chi connectivity index (χ1) is 4.46. The Labute approximate surface area is 87.2 Å². The number of aliphatic carboxylic acids is 2. The van der Waals surface area contributed by atoms with Crippen molar-refractivity contribution >= 4 is 57.0 Å². The van der Waals surface area contributed by atoms with Gasteiger partial charge in [0.05, 0.1) is 0 Å². The first-order valence-corrected chi connectivity index (χ1v) is 3.32. The number of rotatable bonds is 3. The van der Waals surface area contributed by atoms with Gasteiger partial charge in [-0.2, -0.15) is 25.3 Å². The first-order valence-electron chi connectivity index (χ1n) is 2.28. The Morgan fingerprint density at radius 3 is 1.27 bits per heavy atom. The molecular formula is C4H9GaO4S2. The monoisotopic (exact) mass is 254 g/mol. The van der Waals surface area contributed by atoms with Crippen molar-refractivity contribution in [2.75, 3.05) is 0 Å². The summed E-state index contributed by atoms with van der Waals surface area (Å²) >= 11 is 7.00. The molecule has 2 unspecified atom stereocenters. The summed E-state index contributed by atoms with van der Waals surface area (Å²) < 4.78 is 0. The van der Waals surface area contributed by atoms with Gasteiger partial charge in [-0.3, -0.25) is 9.59 Å². The second-order valence-corrected chi connectivity index (χ2v) is 2.68. The van der Waals surface area contributed by atoms with Gasteiger partial charge in [-0.15, -0.1) is 0 Å². The standard InChI is InChI=1S/C4H6O4S2.Ga.3H/c5-3(6)1(9)2(10)4(7)8;;;;/h1-2,9-10H,(H,5,6)(H,7,8);;;;. The van der Waals surface area contributed by atoms with E-state index in [1.807, 2.05) is 0 Å². The van der Waals surface area contributed by atoms with Crippen molar-refractivity contribution in [3.8, 4) is 0 Å². The molecule has 0 amide bonds. The molecule has 0 aromatic carbocycles. The zero-order valence-electron chi connectivity index (χ0n) is 4.76. The molecule has 4 nitrogen and oxygen atoms in total. The van der Waals surface area contributed by atoms with E-state index in [0.717, 1.165) is 0 Å². The number of carbonyl (C=O) groups is 2. The van der Waals surface area contributed by atoms with E-state index in [4.69, 9.17) is 10.2 Å². The van der Waals surface area contributed by atoms with E-state index in [1.54, 1.807) is 0 Å². The summed E-state index contributed by atoms with van der Waals surface area (Å²) in [6, 6.07) is 0. The van der Waals surface area contributed by atoms with Crippen LogP contribution in [0.15, 0.2) is 0 Å². The van der Waals surface area contributed by atoms with Gasteiger partial charge >= 0.3 is 31.7 Å². The molecular weight excluding hydrogens is 246 g/mol. The third-order valence-electron chi connectivity index (χ3n) is 0.805. The Bertz CT molecular complexity index is 144. The van der Waals surface area contributed by atoms with Gasteiger partial charge in [0, 0.05) is 0 Å². The van der Waals surface area contributed by atoms with Crippen molar-refractivity contribution in [3.05, 3.63) is 0 Å². The topological polar surface area (TPSA) is 74.6 Å². The number of hydrogen-bond donors (Lipinski definition) is 4. The Morgan fingerprint density at radius 2 is 1.18 bits per heavy atom. The molecule has 0 fully saturated rings. The fourth-order valence-electron chi connectivity index (χ4n) is 0.270. The van der Waals surface area contributed by atoms with Crippen LogP contribution in [0.4, 0.5) is 0 Å². The maximum absolute atomic E-state index is 10.1. The molecule has 0 bridgehead atoms. The predicted octanol–water partition coefficient (Wildman–Crippen LogP) is -1.43. The zero-order valence-corrected chi connectivity index (χ0v) is 6.55. The van der Waals surface area contributed by atoms with Gasteiger partial charge < -0.3 is 10.2 Å². The van der Waals surface area contributed by atoms with Crippen LogP contribution in [-0.4, -0.2) is 52.4 Å². The molecule has 2 atom stereocenters. The molecule has 0 radical (unpaired) electrons. The molecule has 0 saturated heterocycles. The molecule has 0 heterocycles. The van der Waals surface area contributed by atoms with Crippen LogP contribution in [0.3, 0.4) is 0 Å². The summed E-state index contributed by atoms with van der Waals surface area (Å²) in [4.78, 5) is 20.1. The molecule has 0 aromatic heterocycles. The third kappa shape index (κ3) is 4.67.